The van der Waals surface area contributed by atoms with Crippen LogP contribution in [0.3, 0.4) is 0 Å². The van der Waals surface area contributed by atoms with Crippen LogP contribution >= 0.6 is 0 Å². The van der Waals surface area contributed by atoms with Crippen LogP contribution in [0.25, 0.3) is 0 Å². The highest BCUT2D eigenvalue weighted by molar-refractivity contribution is 4.94. The normalized spacial score (nSPS) is 15.7. The Morgan fingerprint density at radius 1 is 1.39 bits per heavy atom. The van der Waals surface area contributed by atoms with Gasteiger partial charge in [0.05, 0.1) is 6.10 Å². The molecule has 1 aromatic rings. The number of aliphatic hydroxyl groups excluding tert-OH is 1. The molecule has 0 aromatic carbocycles. The first-order valence-corrected chi connectivity index (χ1v) is 7.02. The van der Waals surface area contributed by atoms with Crippen LogP contribution in [0.2, 0.25) is 0 Å². The molecule has 104 valence electrons. The molecule has 0 spiro atoms. The molecule has 0 fully saturated rings. The molecule has 18 heavy (non-hydrogen) atoms. The van der Waals surface area contributed by atoms with Crippen LogP contribution < -0.4 is 0 Å². The standard InChI is InChI=1S/C15H28N2O/c1-6-8-17-9-7-16-14(17)11-13(18)10-12(2)15(3,4)5/h7,9,12-13,18H,6,8,10-11H2,1-5H3. The van der Waals surface area contributed by atoms with Gasteiger partial charge in [-0.2, -0.15) is 0 Å². The van der Waals surface area contributed by atoms with E-state index in [4.69, 9.17) is 0 Å². The first kappa shape index (κ1) is 15.2. The Morgan fingerprint density at radius 3 is 2.61 bits per heavy atom. The third-order valence-electron chi connectivity index (χ3n) is 3.79. The fraction of sp³-hybridized carbons (Fsp3) is 0.800. The van der Waals surface area contributed by atoms with Gasteiger partial charge in [-0.05, 0) is 24.2 Å². The summed E-state index contributed by atoms with van der Waals surface area (Å²) in [7, 11) is 0. The first-order valence-electron chi connectivity index (χ1n) is 7.02. The lowest BCUT2D eigenvalue weighted by atomic mass is 9.78. The summed E-state index contributed by atoms with van der Waals surface area (Å²) < 4.78 is 2.14. The molecular weight excluding hydrogens is 224 g/mol. The van der Waals surface area contributed by atoms with E-state index < -0.39 is 0 Å². The largest absolute Gasteiger partial charge is 0.393 e. The van der Waals surface area contributed by atoms with Gasteiger partial charge in [0.2, 0.25) is 0 Å². The molecule has 1 rings (SSSR count). The highest BCUT2D eigenvalue weighted by atomic mass is 16.3. The van der Waals surface area contributed by atoms with Crippen molar-refractivity contribution in [3.63, 3.8) is 0 Å². The first-order chi connectivity index (χ1) is 8.34. The molecular formula is C15H28N2O. The minimum absolute atomic E-state index is 0.250. The molecule has 0 amide bonds. The van der Waals surface area contributed by atoms with Crippen LogP contribution in [0.1, 0.15) is 53.3 Å². The zero-order chi connectivity index (χ0) is 13.8. The maximum Gasteiger partial charge on any atom is 0.111 e. The minimum Gasteiger partial charge on any atom is -0.393 e. The van der Waals surface area contributed by atoms with Gasteiger partial charge in [0.15, 0.2) is 0 Å². The Labute approximate surface area is 111 Å². The van der Waals surface area contributed by atoms with Crippen molar-refractivity contribution >= 4 is 0 Å². The van der Waals surface area contributed by atoms with Gasteiger partial charge in [0, 0.05) is 25.4 Å². The van der Waals surface area contributed by atoms with E-state index in [1.54, 1.807) is 0 Å². The van der Waals surface area contributed by atoms with E-state index in [1.165, 1.54) is 0 Å². The summed E-state index contributed by atoms with van der Waals surface area (Å²) in [5, 5.41) is 10.2. The van der Waals surface area contributed by atoms with Crippen LogP contribution in [0.5, 0.6) is 0 Å². The Morgan fingerprint density at radius 2 is 2.06 bits per heavy atom. The lowest BCUT2D eigenvalue weighted by Crippen LogP contribution is -2.25. The van der Waals surface area contributed by atoms with Crippen molar-refractivity contribution in [3.8, 4) is 0 Å². The lowest BCUT2D eigenvalue weighted by molar-refractivity contribution is 0.108. The Balaban J connectivity index is 2.54. The third kappa shape index (κ3) is 4.45. The third-order valence-corrected chi connectivity index (χ3v) is 3.79. The smallest absolute Gasteiger partial charge is 0.111 e. The van der Waals surface area contributed by atoms with Crippen molar-refractivity contribution < 1.29 is 5.11 Å². The number of aliphatic hydroxyl groups is 1. The molecule has 0 saturated carbocycles. The summed E-state index contributed by atoms with van der Waals surface area (Å²) in [6, 6.07) is 0. The van der Waals surface area contributed by atoms with Crippen LogP contribution in [0.15, 0.2) is 12.4 Å². The van der Waals surface area contributed by atoms with Gasteiger partial charge in [-0.25, -0.2) is 4.98 Å². The predicted molar refractivity (Wildman–Crippen MR) is 75.5 cm³/mol. The molecule has 0 bridgehead atoms. The molecule has 0 aliphatic carbocycles. The van der Waals surface area contributed by atoms with E-state index in [-0.39, 0.29) is 11.5 Å². The van der Waals surface area contributed by atoms with Gasteiger partial charge in [0.1, 0.15) is 5.82 Å². The maximum atomic E-state index is 10.2. The second-order valence-electron chi connectivity index (χ2n) is 6.40. The van der Waals surface area contributed by atoms with Gasteiger partial charge >= 0.3 is 0 Å². The Bertz CT molecular complexity index is 352. The summed E-state index contributed by atoms with van der Waals surface area (Å²) >= 11 is 0. The second-order valence-corrected chi connectivity index (χ2v) is 6.40. The predicted octanol–water partition coefficient (Wildman–Crippen LogP) is 3.27. The van der Waals surface area contributed by atoms with E-state index in [0.717, 1.165) is 25.2 Å². The van der Waals surface area contributed by atoms with Crippen LogP contribution in [-0.2, 0) is 13.0 Å². The molecule has 0 saturated heterocycles. The molecule has 1 N–H and O–H groups in total. The Kier molecular flexibility index (Phi) is 5.39. The van der Waals surface area contributed by atoms with Crippen LogP contribution in [0.4, 0.5) is 0 Å². The summed E-state index contributed by atoms with van der Waals surface area (Å²) in [5.41, 5.74) is 0.250. The number of hydrogen-bond donors (Lipinski definition) is 1. The van der Waals surface area contributed by atoms with E-state index in [2.05, 4.69) is 44.2 Å². The van der Waals surface area contributed by atoms with Gasteiger partial charge in [-0.1, -0.05) is 34.6 Å². The van der Waals surface area contributed by atoms with Crippen molar-refractivity contribution in [3.05, 3.63) is 18.2 Å². The maximum absolute atomic E-state index is 10.2. The monoisotopic (exact) mass is 252 g/mol. The van der Waals surface area contributed by atoms with Crippen molar-refractivity contribution in [2.45, 2.75) is 66.5 Å². The highest BCUT2D eigenvalue weighted by Crippen LogP contribution is 2.29. The number of nitrogens with zero attached hydrogens (tertiary/aromatic N) is 2. The molecule has 3 nitrogen and oxygen atoms in total. The summed E-state index contributed by atoms with van der Waals surface area (Å²) in [6.07, 6.45) is 6.12. The molecule has 0 radical (unpaired) electrons. The molecule has 2 unspecified atom stereocenters. The zero-order valence-electron chi connectivity index (χ0n) is 12.5. The van der Waals surface area contributed by atoms with E-state index in [9.17, 15) is 5.11 Å². The van der Waals surface area contributed by atoms with Crippen LogP contribution in [-0.4, -0.2) is 20.8 Å². The number of hydrogen-bond acceptors (Lipinski definition) is 2. The van der Waals surface area contributed by atoms with Crippen LogP contribution in [0, 0.1) is 11.3 Å². The topological polar surface area (TPSA) is 38.0 Å². The number of aryl methyl sites for hydroxylation is 1. The van der Waals surface area contributed by atoms with Crippen molar-refractivity contribution in [1.29, 1.82) is 0 Å². The SMILES string of the molecule is CCCn1ccnc1CC(O)CC(C)C(C)(C)C. The van der Waals surface area contributed by atoms with E-state index >= 15 is 0 Å². The van der Waals surface area contributed by atoms with Gasteiger partial charge in [-0.3, -0.25) is 0 Å². The number of aromatic nitrogens is 2. The molecule has 1 aromatic heterocycles. The van der Waals surface area contributed by atoms with Gasteiger partial charge < -0.3 is 9.67 Å². The van der Waals surface area contributed by atoms with E-state index in [0.29, 0.717) is 12.3 Å². The fourth-order valence-electron chi connectivity index (χ4n) is 2.03. The quantitative estimate of drug-likeness (QED) is 0.844. The zero-order valence-corrected chi connectivity index (χ0v) is 12.5. The molecule has 2 atom stereocenters. The van der Waals surface area contributed by atoms with E-state index in [1.807, 2.05) is 12.4 Å². The second kappa shape index (κ2) is 6.37. The fourth-order valence-corrected chi connectivity index (χ4v) is 2.03. The average Bonchev–Trinajstić information content (AvgIpc) is 2.64. The van der Waals surface area contributed by atoms with Crippen molar-refractivity contribution in [2.24, 2.45) is 11.3 Å². The molecule has 0 aliphatic heterocycles. The highest BCUT2D eigenvalue weighted by Gasteiger charge is 2.23. The Hall–Kier alpha value is -0.830. The van der Waals surface area contributed by atoms with Gasteiger partial charge in [0.25, 0.3) is 0 Å². The molecule has 3 heteroatoms. The summed E-state index contributed by atoms with van der Waals surface area (Å²) in [4.78, 5) is 4.35. The van der Waals surface area contributed by atoms with Gasteiger partial charge in [-0.15, -0.1) is 0 Å². The molecule has 1 heterocycles. The number of rotatable bonds is 6. The average molecular weight is 252 g/mol. The summed E-state index contributed by atoms with van der Waals surface area (Å²) in [5.74, 6) is 1.51. The van der Waals surface area contributed by atoms with Crippen molar-refractivity contribution in [1.82, 2.24) is 9.55 Å². The minimum atomic E-state index is -0.294. The number of imidazole rings is 1. The molecule has 0 aliphatic rings. The summed E-state index contributed by atoms with van der Waals surface area (Å²) in [6.45, 7) is 12.0. The lowest BCUT2D eigenvalue weighted by Gasteiger charge is -2.29. The van der Waals surface area contributed by atoms with Crippen molar-refractivity contribution in [2.75, 3.05) is 0 Å².